The highest BCUT2D eigenvalue weighted by molar-refractivity contribution is 5.87. The zero-order chi connectivity index (χ0) is 14.3. The van der Waals surface area contributed by atoms with Crippen LogP contribution in [0, 0.1) is 5.92 Å². The standard InChI is InChI=1S/C13H15F3N4/c1-19-6-4-10-11(19)17-8-18-12(10)20-5-2-3-9(7-20)13(14,15)16/h4,6,8-9H,2-3,5,7H2,1H3. The number of anilines is 1. The van der Waals surface area contributed by atoms with Gasteiger partial charge in [-0.25, -0.2) is 9.97 Å². The molecule has 0 amide bonds. The monoisotopic (exact) mass is 284 g/mol. The molecular weight excluding hydrogens is 269 g/mol. The third kappa shape index (κ3) is 2.21. The summed E-state index contributed by atoms with van der Waals surface area (Å²) in [7, 11) is 1.85. The molecule has 1 fully saturated rings. The number of hydrogen-bond donors (Lipinski definition) is 0. The number of rotatable bonds is 1. The molecule has 1 aliphatic heterocycles. The lowest BCUT2D eigenvalue weighted by Gasteiger charge is -2.34. The van der Waals surface area contributed by atoms with Crippen LogP contribution >= 0.6 is 0 Å². The van der Waals surface area contributed by atoms with Crippen molar-refractivity contribution < 1.29 is 13.2 Å². The predicted molar refractivity (Wildman–Crippen MR) is 69.5 cm³/mol. The minimum atomic E-state index is -4.14. The molecule has 0 aliphatic carbocycles. The smallest absolute Gasteiger partial charge is 0.355 e. The quantitative estimate of drug-likeness (QED) is 0.807. The van der Waals surface area contributed by atoms with E-state index in [1.807, 2.05) is 23.9 Å². The number of fused-ring (bicyclic) bond motifs is 1. The zero-order valence-electron chi connectivity index (χ0n) is 11.1. The van der Waals surface area contributed by atoms with Gasteiger partial charge in [0.2, 0.25) is 0 Å². The molecule has 0 radical (unpaired) electrons. The summed E-state index contributed by atoms with van der Waals surface area (Å²) < 4.78 is 40.5. The molecule has 7 heteroatoms. The predicted octanol–water partition coefficient (Wildman–Crippen LogP) is 2.75. The van der Waals surface area contributed by atoms with Crippen molar-refractivity contribution in [1.82, 2.24) is 14.5 Å². The highest BCUT2D eigenvalue weighted by Gasteiger charge is 2.42. The summed E-state index contributed by atoms with van der Waals surface area (Å²) in [6, 6.07) is 1.85. The van der Waals surface area contributed by atoms with E-state index in [9.17, 15) is 13.2 Å². The number of alkyl halides is 3. The van der Waals surface area contributed by atoms with E-state index in [2.05, 4.69) is 9.97 Å². The summed E-state index contributed by atoms with van der Waals surface area (Å²) in [5.41, 5.74) is 0.740. The van der Waals surface area contributed by atoms with E-state index in [4.69, 9.17) is 0 Å². The molecule has 1 atom stereocenters. The van der Waals surface area contributed by atoms with Crippen LogP contribution in [0.1, 0.15) is 12.8 Å². The van der Waals surface area contributed by atoms with Gasteiger partial charge in [-0.15, -0.1) is 0 Å². The molecule has 0 saturated carbocycles. The van der Waals surface area contributed by atoms with Crippen molar-refractivity contribution in [3.8, 4) is 0 Å². The van der Waals surface area contributed by atoms with Crippen LogP contribution in [0.15, 0.2) is 18.6 Å². The van der Waals surface area contributed by atoms with E-state index in [1.165, 1.54) is 6.33 Å². The number of aromatic nitrogens is 3. The summed E-state index contributed by atoms with van der Waals surface area (Å²) in [6.07, 6.45) is -0.157. The Morgan fingerprint density at radius 2 is 2.10 bits per heavy atom. The Bertz CT molecular complexity index is 620. The van der Waals surface area contributed by atoms with Gasteiger partial charge in [-0.05, 0) is 18.9 Å². The number of halogens is 3. The van der Waals surface area contributed by atoms with Crippen molar-refractivity contribution in [1.29, 1.82) is 0 Å². The first-order valence-corrected chi connectivity index (χ1v) is 6.54. The van der Waals surface area contributed by atoms with Gasteiger partial charge in [0.25, 0.3) is 0 Å². The average Bonchev–Trinajstić information content (AvgIpc) is 2.80. The summed E-state index contributed by atoms with van der Waals surface area (Å²) in [5, 5.41) is 0.804. The molecule has 2 aromatic rings. The van der Waals surface area contributed by atoms with Crippen LogP contribution in [0.4, 0.5) is 19.0 Å². The number of piperidine rings is 1. The van der Waals surface area contributed by atoms with Crippen molar-refractivity contribution in [3.05, 3.63) is 18.6 Å². The second-order valence-electron chi connectivity index (χ2n) is 5.19. The van der Waals surface area contributed by atoms with Crippen LogP contribution in [0.25, 0.3) is 11.0 Å². The SMILES string of the molecule is Cn1ccc2c(N3CCCC(C(F)(F)F)C3)ncnc21. The molecule has 1 saturated heterocycles. The Hall–Kier alpha value is -1.79. The van der Waals surface area contributed by atoms with Crippen molar-refractivity contribution in [2.24, 2.45) is 13.0 Å². The maximum atomic E-state index is 12.9. The minimum Gasteiger partial charge on any atom is -0.355 e. The van der Waals surface area contributed by atoms with Crippen molar-refractivity contribution in [2.75, 3.05) is 18.0 Å². The molecule has 0 aromatic carbocycles. The fourth-order valence-electron chi connectivity index (χ4n) is 2.75. The van der Waals surface area contributed by atoms with Crippen LogP contribution in [0.5, 0.6) is 0 Å². The van der Waals surface area contributed by atoms with Crippen molar-refractivity contribution in [3.63, 3.8) is 0 Å². The highest BCUT2D eigenvalue weighted by atomic mass is 19.4. The van der Waals surface area contributed by atoms with Crippen LogP contribution in [-0.2, 0) is 7.05 Å². The third-order valence-corrected chi connectivity index (χ3v) is 3.82. The number of nitrogens with zero attached hydrogens (tertiary/aromatic N) is 4. The Morgan fingerprint density at radius 3 is 2.85 bits per heavy atom. The Balaban J connectivity index is 1.95. The fraction of sp³-hybridized carbons (Fsp3) is 0.538. The summed E-state index contributed by atoms with van der Waals surface area (Å²) >= 11 is 0. The number of aryl methyl sites for hydroxylation is 1. The van der Waals surface area contributed by atoms with Gasteiger partial charge in [-0.2, -0.15) is 13.2 Å². The Morgan fingerprint density at radius 1 is 1.30 bits per heavy atom. The molecule has 20 heavy (non-hydrogen) atoms. The van der Waals surface area contributed by atoms with Gasteiger partial charge < -0.3 is 9.47 Å². The summed E-state index contributed by atoms with van der Waals surface area (Å²) in [4.78, 5) is 10.1. The lowest BCUT2D eigenvalue weighted by atomic mass is 9.97. The van der Waals surface area contributed by atoms with Crippen LogP contribution in [0.2, 0.25) is 0 Å². The molecule has 0 spiro atoms. The van der Waals surface area contributed by atoms with E-state index in [0.29, 0.717) is 18.8 Å². The molecule has 1 aliphatic rings. The highest BCUT2D eigenvalue weighted by Crippen LogP contribution is 2.35. The van der Waals surface area contributed by atoms with Gasteiger partial charge in [-0.3, -0.25) is 0 Å². The number of hydrogen-bond acceptors (Lipinski definition) is 3. The lowest BCUT2D eigenvalue weighted by molar-refractivity contribution is -0.176. The maximum Gasteiger partial charge on any atom is 0.393 e. The second kappa shape index (κ2) is 4.64. The van der Waals surface area contributed by atoms with Gasteiger partial charge in [0, 0.05) is 26.3 Å². The Labute approximate surface area is 114 Å². The van der Waals surface area contributed by atoms with E-state index in [1.54, 1.807) is 4.90 Å². The molecule has 3 heterocycles. The molecular formula is C13H15F3N4. The van der Waals surface area contributed by atoms with E-state index in [-0.39, 0.29) is 13.0 Å². The van der Waals surface area contributed by atoms with E-state index < -0.39 is 12.1 Å². The third-order valence-electron chi connectivity index (χ3n) is 3.82. The van der Waals surface area contributed by atoms with Gasteiger partial charge >= 0.3 is 6.18 Å². The molecule has 0 N–H and O–H groups in total. The zero-order valence-corrected chi connectivity index (χ0v) is 11.1. The first-order valence-electron chi connectivity index (χ1n) is 6.54. The average molecular weight is 284 g/mol. The Kier molecular flexibility index (Phi) is 3.07. The molecule has 108 valence electrons. The molecule has 2 aromatic heterocycles. The molecule has 4 nitrogen and oxygen atoms in total. The normalized spacial score (nSPS) is 20.6. The fourth-order valence-corrected chi connectivity index (χ4v) is 2.75. The second-order valence-corrected chi connectivity index (χ2v) is 5.19. The first kappa shape index (κ1) is 13.2. The van der Waals surface area contributed by atoms with Gasteiger partial charge in [0.05, 0.1) is 11.3 Å². The van der Waals surface area contributed by atoms with Crippen molar-refractivity contribution in [2.45, 2.75) is 19.0 Å². The minimum absolute atomic E-state index is 0.0233. The lowest BCUT2D eigenvalue weighted by Crippen LogP contribution is -2.42. The van der Waals surface area contributed by atoms with Gasteiger partial charge in [0.15, 0.2) is 0 Å². The summed E-state index contributed by atoms with van der Waals surface area (Å²) in [5.74, 6) is -0.672. The van der Waals surface area contributed by atoms with E-state index >= 15 is 0 Å². The first-order chi connectivity index (χ1) is 9.47. The molecule has 3 rings (SSSR count). The van der Waals surface area contributed by atoms with Crippen LogP contribution in [0.3, 0.4) is 0 Å². The summed E-state index contributed by atoms with van der Waals surface area (Å²) in [6.45, 7) is 0.581. The molecule has 0 bridgehead atoms. The van der Waals surface area contributed by atoms with Crippen LogP contribution in [-0.4, -0.2) is 33.8 Å². The molecule has 1 unspecified atom stereocenters. The van der Waals surface area contributed by atoms with Gasteiger partial charge in [0.1, 0.15) is 17.8 Å². The largest absolute Gasteiger partial charge is 0.393 e. The van der Waals surface area contributed by atoms with Crippen molar-refractivity contribution >= 4 is 16.9 Å². The van der Waals surface area contributed by atoms with Crippen LogP contribution < -0.4 is 4.90 Å². The maximum absolute atomic E-state index is 12.9. The van der Waals surface area contributed by atoms with E-state index in [0.717, 1.165) is 11.0 Å². The topological polar surface area (TPSA) is 34.0 Å². The van der Waals surface area contributed by atoms with Gasteiger partial charge in [-0.1, -0.05) is 0 Å².